The van der Waals surface area contributed by atoms with Crippen LogP contribution < -0.4 is 10.9 Å². The molecular formula is C15H23N5O3. The minimum atomic E-state index is -0.415. The van der Waals surface area contributed by atoms with Crippen molar-refractivity contribution in [3.63, 3.8) is 0 Å². The number of aromatic nitrogens is 3. The van der Waals surface area contributed by atoms with Gasteiger partial charge in [-0.3, -0.25) is 9.59 Å². The van der Waals surface area contributed by atoms with E-state index in [1.807, 2.05) is 0 Å². The maximum atomic E-state index is 12.3. The molecule has 23 heavy (non-hydrogen) atoms. The topological polar surface area (TPSA) is 93.3 Å². The van der Waals surface area contributed by atoms with E-state index in [9.17, 15) is 9.59 Å². The SMILES string of the molecule is CCN(CC)CCNC(=O)Cn1nc(C)c2c(C)onc2c1=O. The summed E-state index contributed by atoms with van der Waals surface area (Å²) >= 11 is 0. The molecule has 0 saturated carbocycles. The van der Waals surface area contributed by atoms with Crippen LogP contribution in [0.2, 0.25) is 0 Å². The molecule has 2 rings (SSSR count). The lowest BCUT2D eigenvalue weighted by Gasteiger charge is -2.18. The summed E-state index contributed by atoms with van der Waals surface area (Å²) in [6.07, 6.45) is 0. The van der Waals surface area contributed by atoms with Crippen molar-refractivity contribution in [2.75, 3.05) is 26.2 Å². The van der Waals surface area contributed by atoms with Gasteiger partial charge in [0.1, 0.15) is 12.3 Å². The number of carbonyl (C=O) groups excluding carboxylic acids is 1. The molecule has 0 aliphatic heterocycles. The number of carbonyl (C=O) groups is 1. The molecule has 2 aromatic heterocycles. The Hall–Kier alpha value is -2.22. The van der Waals surface area contributed by atoms with Crippen molar-refractivity contribution in [3.05, 3.63) is 21.8 Å². The first-order chi connectivity index (χ1) is 11.0. The maximum absolute atomic E-state index is 12.3. The van der Waals surface area contributed by atoms with E-state index in [2.05, 4.69) is 34.3 Å². The van der Waals surface area contributed by atoms with Gasteiger partial charge in [-0.25, -0.2) is 4.68 Å². The summed E-state index contributed by atoms with van der Waals surface area (Å²) in [5, 5.41) is 11.4. The summed E-state index contributed by atoms with van der Waals surface area (Å²) < 4.78 is 6.17. The Morgan fingerprint density at radius 1 is 1.30 bits per heavy atom. The smallest absolute Gasteiger partial charge is 0.297 e. The van der Waals surface area contributed by atoms with E-state index in [0.29, 0.717) is 23.4 Å². The number of hydrogen-bond donors (Lipinski definition) is 1. The number of fused-ring (bicyclic) bond motifs is 1. The van der Waals surface area contributed by atoms with Gasteiger partial charge in [0, 0.05) is 13.1 Å². The third-order valence-electron chi connectivity index (χ3n) is 3.87. The zero-order valence-electron chi connectivity index (χ0n) is 14.0. The lowest BCUT2D eigenvalue weighted by Crippen LogP contribution is -2.38. The number of nitrogens with zero attached hydrogens (tertiary/aromatic N) is 4. The van der Waals surface area contributed by atoms with Crippen molar-refractivity contribution in [3.8, 4) is 0 Å². The molecule has 2 aromatic rings. The number of nitrogens with one attached hydrogen (secondary N) is 1. The minimum absolute atomic E-state index is 0.125. The number of rotatable bonds is 7. The Bertz CT molecular complexity index is 745. The van der Waals surface area contributed by atoms with Crippen molar-refractivity contribution in [1.82, 2.24) is 25.2 Å². The lowest BCUT2D eigenvalue weighted by molar-refractivity contribution is -0.121. The highest BCUT2D eigenvalue weighted by atomic mass is 16.5. The molecule has 0 bridgehead atoms. The second-order valence-corrected chi connectivity index (χ2v) is 5.39. The van der Waals surface area contributed by atoms with Crippen LogP contribution in [0.15, 0.2) is 9.32 Å². The molecule has 1 amide bonds. The van der Waals surface area contributed by atoms with Crippen LogP contribution in [0.25, 0.3) is 10.9 Å². The van der Waals surface area contributed by atoms with Gasteiger partial charge in [-0.2, -0.15) is 5.10 Å². The molecule has 0 radical (unpaired) electrons. The van der Waals surface area contributed by atoms with E-state index in [1.165, 1.54) is 0 Å². The van der Waals surface area contributed by atoms with Crippen molar-refractivity contribution in [2.45, 2.75) is 34.2 Å². The molecule has 0 aromatic carbocycles. The molecule has 8 nitrogen and oxygen atoms in total. The van der Waals surface area contributed by atoms with Crippen LogP contribution in [0.3, 0.4) is 0 Å². The van der Waals surface area contributed by atoms with Crippen LogP contribution in [-0.4, -0.2) is 51.9 Å². The molecule has 8 heteroatoms. The van der Waals surface area contributed by atoms with Crippen molar-refractivity contribution >= 4 is 16.8 Å². The summed E-state index contributed by atoms with van der Waals surface area (Å²) in [7, 11) is 0. The largest absolute Gasteiger partial charge is 0.360 e. The second-order valence-electron chi connectivity index (χ2n) is 5.39. The Balaban J connectivity index is 2.06. The predicted molar refractivity (Wildman–Crippen MR) is 86.3 cm³/mol. The van der Waals surface area contributed by atoms with Gasteiger partial charge in [-0.05, 0) is 26.9 Å². The number of aryl methyl sites for hydroxylation is 2. The molecule has 0 aliphatic rings. The lowest BCUT2D eigenvalue weighted by atomic mass is 10.2. The second kappa shape index (κ2) is 7.36. The summed E-state index contributed by atoms with van der Waals surface area (Å²) in [5.41, 5.74) is 0.418. The summed E-state index contributed by atoms with van der Waals surface area (Å²) in [4.78, 5) is 26.5. The first kappa shape index (κ1) is 17.1. The van der Waals surface area contributed by atoms with Crippen molar-refractivity contribution in [2.24, 2.45) is 0 Å². The fraction of sp³-hybridized carbons (Fsp3) is 0.600. The molecule has 0 atom stereocenters. The first-order valence-corrected chi connectivity index (χ1v) is 7.80. The predicted octanol–water partition coefficient (Wildman–Crippen LogP) is 0.459. The monoisotopic (exact) mass is 321 g/mol. The van der Waals surface area contributed by atoms with Gasteiger partial charge in [-0.15, -0.1) is 0 Å². The Morgan fingerprint density at radius 2 is 2.00 bits per heavy atom. The molecule has 126 valence electrons. The van der Waals surface area contributed by atoms with E-state index in [1.54, 1.807) is 13.8 Å². The van der Waals surface area contributed by atoms with E-state index in [-0.39, 0.29) is 18.0 Å². The van der Waals surface area contributed by atoms with Crippen LogP contribution in [0.5, 0.6) is 0 Å². The fourth-order valence-corrected chi connectivity index (χ4v) is 2.54. The Labute approximate surface area is 134 Å². The molecule has 2 heterocycles. The third-order valence-corrected chi connectivity index (χ3v) is 3.87. The highest BCUT2D eigenvalue weighted by Crippen LogP contribution is 2.16. The van der Waals surface area contributed by atoms with Gasteiger partial charge in [0.25, 0.3) is 5.56 Å². The number of hydrogen-bond acceptors (Lipinski definition) is 6. The summed E-state index contributed by atoms with van der Waals surface area (Å²) in [5.74, 6) is 0.309. The van der Waals surface area contributed by atoms with Gasteiger partial charge in [0.15, 0.2) is 5.52 Å². The zero-order valence-corrected chi connectivity index (χ0v) is 14.0. The quantitative estimate of drug-likeness (QED) is 0.796. The minimum Gasteiger partial charge on any atom is -0.360 e. The van der Waals surface area contributed by atoms with Crippen LogP contribution >= 0.6 is 0 Å². The van der Waals surface area contributed by atoms with Crippen LogP contribution in [0.4, 0.5) is 0 Å². The van der Waals surface area contributed by atoms with E-state index in [4.69, 9.17) is 4.52 Å². The summed E-state index contributed by atoms with van der Waals surface area (Å²) in [6.45, 7) is 10.7. The van der Waals surface area contributed by atoms with Crippen LogP contribution in [-0.2, 0) is 11.3 Å². The highest BCUT2D eigenvalue weighted by molar-refractivity contribution is 5.82. The van der Waals surface area contributed by atoms with Gasteiger partial charge in [0.2, 0.25) is 5.91 Å². The number of likely N-dealkylation sites (N-methyl/N-ethyl adjacent to an activating group) is 1. The number of amides is 1. The average molecular weight is 321 g/mol. The molecule has 1 N–H and O–H groups in total. The molecule has 0 aliphatic carbocycles. The van der Waals surface area contributed by atoms with E-state index >= 15 is 0 Å². The molecule has 0 spiro atoms. The molecular weight excluding hydrogens is 298 g/mol. The van der Waals surface area contributed by atoms with E-state index in [0.717, 1.165) is 24.3 Å². The average Bonchev–Trinajstić information content (AvgIpc) is 2.91. The highest BCUT2D eigenvalue weighted by Gasteiger charge is 2.16. The summed E-state index contributed by atoms with van der Waals surface area (Å²) in [6, 6.07) is 0. The zero-order chi connectivity index (χ0) is 17.0. The van der Waals surface area contributed by atoms with E-state index < -0.39 is 5.56 Å². The van der Waals surface area contributed by atoms with Gasteiger partial charge < -0.3 is 14.7 Å². The molecule has 0 fully saturated rings. The van der Waals surface area contributed by atoms with Crippen molar-refractivity contribution < 1.29 is 9.32 Å². The Kier molecular flexibility index (Phi) is 5.49. The fourth-order valence-electron chi connectivity index (χ4n) is 2.54. The van der Waals surface area contributed by atoms with Gasteiger partial charge >= 0.3 is 0 Å². The first-order valence-electron chi connectivity index (χ1n) is 7.80. The molecule has 0 unspecified atom stereocenters. The Morgan fingerprint density at radius 3 is 2.65 bits per heavy atom. The van der Waals surface area contributed by atoms with Crippen LogP contribution in [0.1, 0.15) is 25.3 Å². The molecule has 0 saturated heterocycles. The van der Waals surface area contributed by atoms with Crippen molar-refractivity contribution in [1.29, 1.82) is 0 Å². The van der Waals surface area contributed by atoms with Gasteiger partial charge in [-0.1, -0.05) is 19.0 Å². The third kappa shape index (κ3) is 3.76. The van der Waals surface area contributed by atoms with Gasteiger partial charge in [0.05, 0.1) is 11.1 Å². The normalized spacial score (nSPS) is 11.3. The van der Waals surface area contributed by atoms with Crippen LogP contribution in [0, 0.1) is 13.8 Å². The standard InChI is InChI=1S/C15H23N5O3/c1-5-19(6-2)8-7-16-12(21)9-20-15(22)14-13(10(3)17-20)11(4)23-18-14/h5-9H2,1-4H3,(H,16,21). The maximum Gasteiger partial charge on any atom is 0.297 e.